The number of carboxylic acid groups (broad SMARTS) is 1. The zero-order valence-corrected chi connectivity index (χ0v) is 14.5. The maximum Gasteiger partial charge on any atom is 0.494 e. The number of hydrogen-bond donors (Lipinski definition) is 2. The van der Waals surface area contributed by atoms with Gasteiger partial charge in [-0.25, -0.2) is 4.79 Å². The number of halogens is 3. The van der Waals surface area contributed by atoms with Crippen LogP contribution in [0.1, 0.15) is 33.3 Å². The summed E-state index contributed by atoms with van der Waals surface area (Å²) in [7, 11) is -0.249. The quantitative estimate of drug-likeness (QED) is 0.755. The molecule has 1 aromatic rings. The lowest BCUT2D eigenvalue weighted by atomic mass is 9.78. The third-order valence-corrected chi connectivity index (χ3v) is 4.61. The van der Waals surface area contributed by atoms with Crippen molar-refractivity contribution in [1.29, 1.82) is 0 Å². The third kappa shape index (κ3) is 4.27. The summed E-state index contributed by atoms with van der Waals surface area (Å²) in [6, 6.07) is 6.43. The van der Waals surface area contributed by atoms with E-state index >= 15 is 0 Å². The Morgan fingerprint density at radius 1 is 1.20 bits per heavy atom. The molecule has 1 saturated heterocycles. The van der Waals surface area contributed by atoms with Gasteiger partial charge in [-0.3, -0.25) is 0 Å². The van der Waals surface area contributed by atoms with Crippen LogP contribution in [0.25, 0.3) is 0 Å². The van der Waals surface area contributed by atoms with Gasteiger partial charge < -0.3 is 19.7 Å². The average molecular weight is 359 g/mol. The predicted octanol–water partition coefficient (Wildman–Crippen LogP) is 2.59. The number of rotatable bonds is 1. The summed E-state index contributed by atoms with van der Waals surface area (Å²) in [6.07, 6.45) is -4.00. The highest BCUT2D eigenvalue weighted by Crippen LogP contribution is 2.36. The predicted molar refractivity (Wildman–Crippen MR) is 88.0 cm³/mol. The van der Waals surface area contributed by atoms with Crippen LogP contribution in [0.5, 0.6) is 0 Å². The number of anilines is 1. The van der Waals surface area contributed by atoms with E-state index in [1.54, 1.807) is 0 Å². The average Bonchev–Trinajstić information content (AvgIpc) is 3.00. The molecule has 0 saturated carbocycles. The Bertz CT molecular complexity index is 645. The lowest BCUT2D eigenvalue weighted by Gasteiger charge is -2.32. The Labute approximate surface area is 144 Å². The normalized spacial score (nSPS) is 20.4. The molecule has 2 heterocycles. The monoisotopic (exact) mass is 359 g/mol. The molecule has 0 amide bonds. The first-order valence-electron chi connectivity index (χ1n) is 7.86. The van der Waals surface area contributed by atoms with Crippen LogP contribution >= 0.6 is 0 Å². The zero-order chi connectivity index (χ0) is 19.0. The number of carboxylic acids is 1. The second-order valence-corrected chi connectivity index (χ2v) is 6.98. The molecule has 25 heavy (non-hydrogen) atoms. The van der Waals surface area contributed by atoms with Crippen molar-refractivity contribution in [2.24, 2.45) is 0 Å². The number of nitrogens with one attached hydrogen (secondary N) is 1. The molecule has 0 atom stereocenters. The fourth-order valence-electron chi connectivity index (χ4n) is 2.45. The zero-order valence-electron chi connectivity index (χ0n) is 14.5. The van der Waals surface area contributed by atoms with Crippen LogP contribution in [0.3, 0.4) is 0 Å². The Hall–Kier alpha value is -1.74. The third-order valence-electron chi connectivity index (χ3n) is 4.61. The SMILES string of the molecule is CC1(C)OB(c2ccc3c(c2)CCN3)OC1(C)C.O=C(O)C(F)(F)F. The van der Waals surface area contributed by atoms with Gasteiger partial charge in [0.05, 0.1) is 11.2 Å². The highest BCUT2D eigenvalue weighted by Gasteiger charge is 2.51. The first-order chi connectivity index (χ1) is 11.3. The minimum absolute atomic E-state index is 0.249. The van der Waals surface area contributed by atoms with Gasteiger partial charge in [-0.2, -0.15) is 13.2 Å². The van der Waals surface area contributed by atoms with Gasteiger partial charge in [0.15, 0.2) is 0 Å². The minimum Gasteiger partial charge on any atom is -0.475 e. The number of fused-ring (bicyclic) bond motifs is 1. The molecule has 0 bridgehead atoms. The van der Waals surface area contributed by atoms with E-state index in [9.17, 15) is 13.2 Å². The van der Waals surface area contributed by atoms with Crippen molar-refractivity contribution >= 4 is 24.2 Å². The molecule has 3 rings (SSSR count). The summed E-state index contributed by atoms with van der Waals surface area (Å²) < 4.78 is 43.9. The molecule has 0 aliphatic carbocycles. The topological polar surface area (TPSA) is 67.8 Å². The van der Waals surface area contributed by atoms with Gasteiger partial charge in [-0.05, 0) is 51.2 Å². The van der Waals surface area contributed by atoms with E-state index in [1.807, 2.05) is 0 Å². The highest BCUT2D eigenvalue weighted by atomic mass is 19.4. The van der Waals surface area contributed by atoms with Crippen molar-refractivity contribution in [1.82, 2.24) is 0 Å². The van der Waals surface area contributed by atoms with Crippen LogP contribution in [0.15, 0.2) is 18.2 Å². The number of carbonyl (C=O) groups is 1. The molecule has 2 aliphatic rings. The summed E-state index contributed by atoms with van der Waals surface area (Å²) >= 11 is 0. The second-order valence-electron chi connectivity index (χ2n) is 6.98. The second kappa shape index (κ2) is 6.53. The summed E-state index contributed by atoms with van der Waals surface area (Å²) in [6.45, 7) is 9.37. The van der Waals surface area contributed by atoms with Gasteiger partial charge in [0, 0.05) is 12.2 Å². The van der Waals surface area contributed by atoms with Crippen LogP contribution in [-0.4, -0.2) is 42.1 Å². The number of hydrogen-bond acceptors (Lipinski definition) is 4. The van der Waals surface area contributed by atoms with Crippen molar-refractivity contribution in [2.75, 3.05) is 11.9 Å². The van der Waals surface area contributed by atoms with Crippen molar-refractivity contribution in [3.05, 3.63) is 23.8 Å². The molecule has 138 valence electrons. The molecule has 0 aromatic heterocycles. The highest BCUT2D eigenvalue weighted by molar-refractivity contribution is 6.62. The van der Waals surface area contributed by atoms with E-state index < -0.39 is 12.1 Å². The van der Waals surface area contributed by atoms with Gasteiger partial charge in [-0.1, -0.05) is 12.1 Å². The molecule has 0 unspecified atom stereocenters. The molecule has 5 nitrogen and oxygen atoms in total. The maximum atomic E-state index is 10.6. The van der Waals surface area contributed by atoms with Crippen LogP contribution in [0, 0.1) is 0 Å². The summed E-state index contributed by atoms with van der Waals surface area (Å²) in [5, 5.41) is 10.5. The largest absolute Gasteiger partial charge is 0.494 e. The number of benzene rings is 1. The molecular formula is C16H21BF3NO4. The van der Waals surface area contributed by atoms with E-state index in [0.717, 1.165) is 18.4 Å². The van der Waals surface area contributed by atoms with Crippen LogP contribution in [0.4, 0.5) is 18.9 Å². The summed E-state index contributed by atoms with van der Waals surface area (Å²) in [5.74, 6) is -2.76. The van der Waals surface area contributed by atoms with Crippen LogP contribution < -0.4 is 10.8 Å². The first kappa shape index (κ1) is 19.6. The standard InChI is InChI=1S/C14H20BNO2.C2HF3O2/c1-13(2)14(3,4)18-15(17-13)11-5-6-12-10(9-11)7-8-16-12;3-2(4,5)1(6)7/h5-6,9,16H,7-8H2,1-4H3;(H,6,7). The fraction of sp³-hybridized carbons (Fsp3) is 0.562. The van der Waals surface area contributed by atoms with E-state index in [1.165, 1.54) is 11.3 Å². The Morgan fingerprint density at radius 3 is 2.20 bits per heavy atom. The smallest absolute Gasteiger partial charge is 0.475 e. The molecule has 9 heteroatoms. The fourth-order valence-corrected chi connectivity index (χ4v) is 2.45. The van der Waals surface area contributed by atoms with E-state index in [4.69, 9.17) is 19.2 Å². The molecule has 0 spiro atoms. The first-order valence-corrected chi connectivity index (χ1v) is 7.86. The lowest BCUT2D eigenvalue weighted by Crippen LogP contribution is -2.41. The van der Waals surface area contributed by atoms with Crippen LogP contribution in [-0.2, 0) is 20.5 Å². The summed E-state index contributed by atoms with van der Waals surface area (Å²) in [4.78, 5) is 8.90. The lowest BCUT2D eigenvalue weighted by molar-refractivity contribution is -0.192. The molecular weight excluding hydrogens is 338 g/mol. The van der Waals surface area contributed by atoms with Gasteiger partial charge in [-0.15, -0.1) is 0 Å². The summed E-state index contributed by atoms with van der Waals surface area (Å²) in [5.41, 5.74) is 3.19. The molecule has 1 aromatic carbocycles. The number of aliphatic carboxylic acids is 1. The Balaban J connectivity index is 0.000000277. The van der Waals surface area contributed by atoms with Crippen molar-refractivity contribution in [3.63, 3.8) is 0 Å². The van der Waals surface area contributed by atoms with E-state index in [0.29, 0.717) is 0 Å². The molecule has 2 aliphatic heterocycles. The molecule has 2 N–H and O–H groups in total. The van der Waals surface area contributed by atoms with Gasteiger partial charge >= 0.3 is 19.3 Å². The van der Waals surface area contributed by atoms with Crippen molar-refractivity contribution in [3.8, 4) is 0 Å². The molecule has 1 fully saturated rings. The van der Waals surface area contributed by atoms with Gasteiger partial charge in [0.1, 0.15) is 0 Å². The Kier molecular flexibility index (Phi) is 5.12. The van der Waals surface area contributed by atoms with Crippen LogP contribution in [0.2, 0.25) is 0 Å². The van der Waals surface area contributed by atoms with Gasteiger partial charge in [0.25, 0.3) is 0 Å². The Morgan fingerprint density at radius 2 is 1.72 bits per heavy atom. The maximum absolute atomic E-state index is 10.6. The van der Waals surface area contributed by atoms with E-state index in [2.05, 4.69) is 51.2 Å². The number of alkyl halides is 3. The van der Waals surface area contributed by atoms with E-state index in [-0.39, 0.29) is 18.3 Å². The van der Waals surface area contributed by atoms with Crippen molar-refractivity contribution in [2.45, 2.75) is 51.5 Å². The minimum atomic E-state index is -5.08. The van der Waals surface area contributed by atoms with Gasteiger partial charge in [0.2, 0.25) is 0 Å². The van der Waals surface area contributed by atoms with Crippen molar-refractivity contribution < 1.29 is 32.4 Å². The molecule has 0 radical (unpaired) electrons.